The molecular weight excluding hydrogens is 374 g/mol. The van der Waals surface area contributed by atoms with Gasteiger partial charge in [0, 0.05) is 17.7 Å². The van der Waals surface area contributed by atoms with Crippen LogP contribution in [-0.4, -0.2) is 27.0 Å². The number of rotatable bonds is 6. The summed E-state index contributed by atoms with van der Waals surface area (Å²) < 4.78 is 5.50. The van der Waals surface area contributed by atoms with Crippen LogP contribution < -0.4 is 0 Å². The van der Waals surface area contributed by atoms with Gasteiger partial charge in [-0.05, 0) is 31.4 Å². The number of carbonyl (C=O) groups is 1. The lowest BCUT2D eigenvalue weighted by molar-refractivity contribution is -0.130. The Hall–Kier alpha value is -3.21. The first-order chi connectivity index (χ1) is 14.7. The summed E-state index contributed by atoms with van der Waals surface area (Å²) in [5.41, 5.74) is 3.10. The maximum atomic E-state index is 13.1. The maximum absolute atomic E-state index is 13.1. The van der Waals surface area contributed by atoms with Crippen LogP contribution in [0.3, 0.4) is 0 Å². The van der Waals surface area contributed by atoms with Crippen molar-refractivity contribution in [1.82, 2.24) is 15.0 Å². The molecule has 3 aromatic rings. The summed E-state index contributed by atoms with van der Waals surface area (Å²) in [5, 5.41) is 4.13. The highest BCUT2D eigenvalue weighted by Crippen LogP contribution is 2.25. The number of carbonyl (C=O) groups excluding carboxylic acids is 1. The van der Waals surface area contributed by atoms with Crippen LogP contribution in [0.15, 0.2) is 65.2 Å². The van der Waals surface area contributed by atoms with Gasteiger partial charge in [0.05, 0.1) is 0 Å². The Morgan fingerprint density at radius 1 is 1.07 bits per heavy atom. The summed E-state index contributed by atoms with van der Waals surface area (Å²) in [6.45, 7) is 2.38. The first kappa shape index (κ1) is 20.1. The highest BCUT2D eigenvalue weighted by atomic mass is 16.5. The number of hydrogen-bond acceptors (Lipinski definition) is 4. The average molecular weight is 402 g/mol. The SMILES string of the molecule is Cc1ccc(-c2noc(CN(C(=O)/C=C/c3ccccc3)C3CCCCC3)n2)cc1. The second kappa shape index (κ2) is 9.53. The zero-order valence-corrected chi connectivity index (χ0v) is 17.3. The molecule has 0 bridgehead atoms. The van der Waals surface area contributed by atoms with Crippen LogP contribution in [0.1, 0.15) is 49.1 Å². The Labute approximate surface area is 177 Å². The van der Waals surface area contributed by atoms with E-state index in [1.165, 1.54) is 12.0 Å². The topological polar surface area (TPSA) is 59.2 Å². The molecule has 0 unspecified atom stereocenters. The Bertz CT molecular complexity index is 987. The van der Waals surface area contributed by atoms with Crippen LogP contribution in [-0.2, 0) is 11.3 Å². The van der Waals surface area contributed by atoms with E-state index in [0.717, 1.165) is 36.8 Å². The second-order valence-corrected chi connectivity index (χ2v) is 7.88. The van der Waals surface area contributed by atoms with Crippen molar-refractivity contribution in [1.29, 1.82) is 0 Å². The Kier molecular flexibility index (Phi) is 6.38. The lowest BCUT2D eigenvalue weighted by atomic mass is 9.94. The minimum absolute atomic E-state index is 0.0131. The zero-order valence-electron chi connectivity index (χ0n) is 17.3. The van der Waals surface area contributed by atoms with Crippen LogP contribution in [0.5, 0.6) is 0 Å². The third-order valence-corrected chi connectivity index (χ3v) is 5.60. The predicted molar refractivity (Wildman–Crippen MR) is 117 cm³/mol. The molecule has 1 heterocycles. The van der Waals surface area contributed by atoms with E-state index in [2.05, 4.69) is 10.1 Å². The molecule has 30 heavy (non-hydrogen) atoms. The predicted octanol–water partition coefficient (Wildman–Crippen LogP) is 5.42. The summed E-state index contributed by atoms with van der Waals surface area (Å²) >= 11 is 0. The normalized spacial score (nSPS) is 14.8. The molecule has 1 aliphatic rings. The van der Waals surface area contributed by atoms with Gasteiger partial charge in [-0.3, -0.25) is 4.79 Å². The average Bonchev–Trinajstić information content (AvgIpc) is 3.26. The monoisotopic (exact) mass is 401 g/mol. The van der Waals surface area contributed by atoms with Gasteiger partial charge in [-0.15, -0.1) is 0 Å². The van der Waals surface area contributed by atoms with Crippen LogP contribution in [0.2, 0.25) is 0 Å². The number of aromatic nitrogens is 2. The molecule has 0 saturated heterocycles. The zero-order chi connectivity index (χ0) is 20.8. The fourth-order valence-corrected chi connectivity index (χ4v) is 3.89. The van der Waals surface area contributed by atoms with Crippen molar-refractivity contribution in [3.8, 4) is 11.4 Å². The van der Waals surface area contributed by atoms with Gasteiger partial charge in [-0.2, -0.15) is 4.98 Å². The molecule has 5 heteroatoms. The van der Waals surface area contributed by atoms with Gasteiger partial charge in [0.25, 0.3) is 0 Å². The van der Waals surface area contributed by atoms with E-state index >= 15 is 0 Å². The maximum Gasteiger partial charge on any atom is 0.247 e. The Morgan fingerprint density at radius 2 is 1.80 bits per heavy atom. The minimum atomic E-state index is -0.0131. The first-order valence-electron chi connectivity index (χ1n) is 10.6. The number of amides is 1. The van der Waals surface area contributed by atoms with E-state index in [9.17, 15) is 4.79 Å². The molecule has 5 nitrogen and oxygen atoms in total. The Morgan fingerprint density at radius 3 is 2.53 bits per heavy atom. The molecule has 1 aliphatic carbocycles. The van der Waals surface area contributed by atoms with Gasteiger partial charge >= 0.3 is 0 Å². The molecule has 1 fully saturated rings. The van der Waals surface area contributed by atoms with Crippen molar-refractivity contribution in [2.75, 3.05) is 0 Å². The minimum Gasteiger partial charge on any atom is -0.337 e. The van der Waals surface area contributed by atoms with Crippen molar-refractivity contribution in [2.45, 2.75) is 51.6 Å². The van der Waals surface area contributed by atoms with Gasteiger partial charge in [0.1, 0.15) is 6.54 Å². The van der Waals surface area contributed by atoms with Crippen LogP contribution in [0.25, 0.3) is 17.5 Å². The quantitative estimate of drug-likeness (QED) is 0.518. The smallest absolute Gasteiger partial charge is 0.247 e. The first-order valence-corrected chi connectivity index (χ1v) is 10.6. The largest absolute Gasteiger partial charge is 0.337 e. The van der Waals surface area contributed by atoms with Gasteiger partial charge in [-0.25, -0.2) is 0 Å². The van der Waals surface area contributed by atoms with E-state index < -0.39 is 0 Å². The molecule has 0 aliphatic heterocycles. The van der Waals surface area contributed by atoms with E-state index in [1.807, 2.05) is 72.5 Å². The van der Waals surface area contributed by atoms with Crippen LogP contribution >= 0.6 is 0 Å². The molecule has 154 valence electrons. The van der Waals surface area contributed by atoms with Gasteiger partial charge in [0.15, 0.2) is 0 Å². The lowest BCUT2D eigenvalue weighted by Crippen LogP contribution is -2.40. The Balaban J connectivity index is 1.52. The third kappa shape index (κ3) is 5.03. The summed E-state index contributed by atoms with van der Waals surface area (Å²) in [5.74, 6) is 1.01. The van der Waals surface area contributed by atoms with Crippen LogP contribution in [0, 0.1) is 6.92 Å². The molecule has 2 aromatic carbocycles. The summed E-state index contributed by atoms with van der Waals surface area (Å²) in [4.78, 5) is 19.5. The molecule has 1 saturated carbocycles. The molecule has 1 aromatic heterocycles. The highest BCUT2D eigenvalue weighted by molar-refractivity contribution is 5.92. The second-order valence-electron chi connectivity index (χ2n) is 7.88. The van der Waals surface area contributed by atoms with Gasteiger partial charge in [-0.1, -0.05) is 84.6 Å². The van der Waals surface area contributed by atoms with E-state index in [1.54, 1.807) is 6.08 Å². The molecule has 4 rings (SSSR count). The molecule has 0 spiro atoms. The summed E-state index contributed by atoms with van der Waals surface area (Å²) in [7, 11) is 0. The lowest BCUT2D eigenvalue weighted by Gasteiger charge is -2.32. The fourth-order valence-electron chi connectivity index (χ4n) is 3.89. The van der Waals surface area contributed by atoms with Crippen molar-refractivity contribution in [2.24, 2.45) is 0 Å². The molecule has 0 radical (unpaired) electrons. The summed E-state index contributed by atoms with van der Waals surface area (Å²) in [6, 6.07) is 18.1. The van der Waals surface area contributed by atoms with Crippen LogP contribution in [0.4, 0.5) is 0 Å². The number of nitrogens with zero attached hydrogens (tertiary/aromatic N) is 3. The number of aryl methyl sites for hydroxylation is 1. The molecule has 0 atom stereocenters. The molecule has 1 amide bonds. The van der Waals surface area contributed by atoms with Gasteiger partial charge < -0.3 is 9.42 Å². The fraction of sp³-hybridized carbons (Fsp3) is 0.320. The van der Waals surface area contributed by atoms with E-state index in [0.29, 0.717) is 18.3 Å². The molecule has 0 N–H and O–H groups in total. The number of benzene rings is 2. The third-order valence-electron chi connectivity index (χ3n) is 5.60. The van der Waals surface area contributed by atoms with Crippen molar-refractivity contribution >= 4 is 12.0 Å². The highest BCUT2D eigenvalue weighted by Gasteiger charge is 2.26. The van der Waals surface area contributed by atoms with Gasteiger partial charge in [0.2, 0.25) is 17.6 Å². The van der Waals surface area contributed by atoms with Crippen molar-refractivity contribution in [3.05, 3.63) is 77.7 Å². The number of hydrogen-bond donors (Lipinski definition) is 0. The molecular formula is C25H27N3O2. The van der Waals surface area contributed by atoms with E-state index in [-0.39, 0.29) is 11.9 Å². The van der Waals surface area contributed by atoms with Crippen molar-refractivity contribution < 1.29 is 9.32 Å². The standard InChI is InChI=1S/C25H27N3O2/c1-19-12-15-21(16-13-19)25-26-23(30-27-25)18-28(22-10-6-3-7-11-22)24(29)17-14-20-8-4-2-5-9-20/h2,4-5,8-9,12-17,22H,3,6-7,10-11,18H2,1H3/b17-14+. The van der Waals surface area contributed by atoms with E-state index in [4.69, 9.17) is 4.52 Å². The van der Waals surface area contributed by atoms with Crippen molar-refractivity contribution in [3.63, 3.8) is 0 Å². The summed E-state index contributed by atoms with van der Waals surface area (Å²) in [6.07, 6.45) is 9.08.